The molecule has 10 heteroatoms. The third-order valence-electron chi connectivity index (χ3n) is 6.24. The monoisotopic (exact) mass is 609 g/mol. The zero-order valence-corrected chi connectivity index (χ0v) is 24.9. The lowest BCUT2D eigenvalue weighted by Crippen LogP contribution is -2.30. The Labute approximate surface area is 259 Å². The first kappa shape index (κ1) is 31.6. The molecule has 0 aliphatic heterocycles. The van der Waals surface area contributed by atoms with Crippen LogP contribution in [-0.4, -0.2) is 40.7 Å². The highest BCUT2D eigenvalue weighted by Crippen LogP contribution is 2.26. The van der Waals surface area contributed by atoms with Gasteiger partial charge in [-0.1, -0.05) is 36.4 Å². The number of thioether (sulfide) groups is 1. The molecule has 44 heavy (non-hydrogen) atoms. The predicted molar refractivity (Wildman–Crippen MR) is 172 cm³/mol. The summed E-state index contributed by atoms with van der Waals surface area (Å²) >= 11 is 1.33. The maximum Gasteiger partial charge on any atom is 0.335 e. The van der Waals surface area contributed by atoms with Crippen molar-refractivity contribution in [2.75, 3.05) is 17.2 Å². The Balaban J connectivity index is 1.44. The van der Waals surface area contributed by atoms with Gasteiger partial charge in [0.25, 0.3) is 11.8 Å². The standard InChI is InChI=1S/C34H31N3O6S/c1-3-43-30-12-8-7-11-25(30)21-29(37-32(39)23-9-5-4-6-10-23)33(40)36-27-17-19-28(20-18-27)44-22(2)31(38)35-26-15-13-24(14-16-26)34(41)42/h4-22H,3H2,1-2H3,(H,35,38)(H,36,40)(H,37,39)(H,41,42)/b29-21-. The maximum atomic E-state index is 13.4. The van der Waals surface area contributed by atoms with Crippen LogP contribution in [0, 0.1) is 0 Å². The Morgan fingerprint density at radius 2 is 1.41 bits per heavy atom. The first-order valence-corrected chi connectivity index (χ1v) is 14.6. The Morgan fingerprint density at radius 3 is 2.07 bits per heavy atom. The largest absolute Gasteiger partial charge is 0.493 e. The molecular formula is C34H31N3O6S. The van der Waals surface area contributed by atoms with E-state index in [-0.39, 0.29) is 17.2 Å². The van der Waals surface area contributed by atoms with E-state index in [1.807, 2.05) is 19.1 Å². The molecule has 4 aromatic carbocycles. The van der Waals surface area contributed by atoms with E-state index >= 15 is 0 Å². The van der Waals surface area contributed by atoms with Crippen molar-refractivity contribution in [2.24, 2.45) is 0 Å². The number of rotatable bonds is 12. The number of ether oxygens (including phenoxy) is 1. The number of para-hydroxylation sites is 1. The highest BCUT2D eigenvalue weighted by Gasteiger charge is 2.18. The first-order valence-electron chi connectivity index (χ1n) is 13.8. The summed E-state index contributed by atoms with van der Waals surface area (Å²) < 4.78 is 5.69. The van der Waals surface area contributed by atoms with Gasteiger partial charge in [-0.3, -0.25) is 14.4 Å². The number of hydrogen-bond donors (Lipinski definition) is 4. The third-order valence-corrected chi connectivity index (χ3v) is 7.35. The molecule has 0 bridgehead atoms. The van der Waals surface area contributed by atoms with Gasteiger partial charge in [0.1, 0.15) is 11.4 Å². The SMILES string of the molecule is CCOc1ccccc1/C=C(\NC(=O)c1ccccc1)C(=O)Nc1ccc(SC(C)C(=O)Nc2ccc(C(=O)O)cc2)cc1. The number of amides is 3. The van der Waals surface area contributed by atoms with Gasteiger partial charge < -0.3 is 25.8 Å². The molecule has 0 saturated carbocycles. The maximum absolute atomic E-state index is 13.4. The van der Waals surface area contributed by atoms with Gasteiger partial charge in [-0.2, -0.15) is 0 Å². The Bertz CT molecular complexity index is 1650. The molecule has 0 spiro atoms. The number of anilines is 2. The van der Waals surface area contributed by atoms with E-state index in [1.54, 1.807) is 79.7 Å². The van der Waals surface area contributed by atoms with Crippen molar-refractivity contribution in [1.82, 2.24) is 5.32 Å². The van der Waals surface area contributed by atoms with Gasteiger partial charge in [0.05, 0.1) is 17.4 Å². The van der Waals surface area contributed by atoms with Crippen molar-refractivity contribution in [1.29, 1.82) is 0 Å². The summed E-state index contributed by atoms with van der Waals surface area (Å²) in [4.78, 5) is 50.9. The lowest BCUT2D eigenvalue weighted by Gasteiger charge is -2.14. The molecule has 224 valence electrons. The summed E-state index contributed by atoms with van der Waals surface area (Å²) in [7, 11) is 0. The average molecular weight is 610 g/mol. The topological polar surface area (TPSA) is 134 Å². The van der Waals surface area contributed by atoms with E-state index in [2.05, 4.69) is 16.0 Å². The molecular weight excluding hydrogens is 578 g/mol. The van der Waals surface area contributed by atoms with Crippen LogP contribution < -0.4 is 20.7 Å². The van der Waals surface area contributed by atoms with Gasteiger partial charge in [-0.25, -0.2) is 4.79 Å². The molecule has 0 aliphatic carbocycles. The van der Waals surface area contributed by atoms with E-state index in [1.165, 1.54) is 36.0 Å². The number of nitrogens with one attached hydrogen (secondary N) is 3. The van der Waals surface area contributed by atoms with Crippen molar-refractivity contribution in [3.63, 3.8) is 0 Å². The van der Waals surface area contributed by atoms with Gasteiger partial charge in [0.15, 0.2) is 0 Å². The summed E-state index contributed by atoms with van der Waals surface area (Å²) in [5.74, 6) is -1.67. The molecule has 0 aliphatic rings. The van der Waals surface area contributed by atoms with Crippen LogP contribution in [0.4, 0.5) is 11.4 Å². The number of carboxylic acid groups (broad SMARTS) is 1. The van der Waals surface area contributed by atoms with Gasteiger partial charge in [-0.15, -0.1) is 11.8 Å². The molecule has 0 heterocycles. The molecule has 4 N–H and O–H groups in total. The van der Waals surface area contributed by atoms with Gasteiger partial charge in [0.2, 0.25) is 5.91 Å². The van der Waals surface area contributed by atoms with Crippen LogP contribution in [0.2, 0.25) is 0 Å². The fraction of sp³-hybridized carbons (Fsp3) is 0.118. The number of hydrogen-bond acceptors (Lipinski definition) is 6. The quantitative estimate of drug-likeness (QED) is 0.109. The second-order valence-electron chi connectivity index (χ2n) is 9.46. The molecule has 4 aromatic rings. The number of benzene rings is 4. The fourth-order valence-corrected chi connectivity index (χ4v) is 4.86. The molecule has 9 nitrogen and oxygen atoms in total. The summed E-state index contributed by atoms with van der Waals surface area (Å²) in [5, 5.41) is 16.9. The lowest BCUT2D eigenvalue weighted by molar-refractivity contribution is -0.115. The van der Waals surface area contributed by atoms with Crippen LogP contribution >= 0.6 is 11.8 Å². The Kier molecular flexibility index (Phi) is 10.9. The Hall–Kier alpha value is -5.35. The van der Waals surface area contributed by atoms with Gasteiger partial charge >= 0.3 is 5.97 Å². The van der Waals surface area contributed by atoms with Gasteiger partial charge in [0, 0.05) is 27.4 Å². The van der Waals surface area contributed by atoms with Crippen LogP contribution in [0.25, 0.3) is 6.08 Å². The minimum Gasteiger partial charge on any atom is -0.493 e. The molecule has 0 aromatic heterocycles. The molecule has 4 rings (SSSR count). The van der Waals surface area contributed by atoms with Crippen molar-refractivity contribution < 1.29 is 29.0 Å². The van der Waals surface area contributed by atoms with Crippen molar-refractivity contribution in [3.05, 3.63) is 126 Å². The smallest absolute Gasteiger partial charge is 0.335 e. The highest BCUT2D eigenvalue weighted by molar-refractivity contribution is 8.00. The number of carbonyl (C=O) groups excluding carboxylic acids is 3. The zero-order valence-electron chi connectivity index (χ0n) is 24.1. The molecule has 0 saturated heterocycles. The first-order chi connectivity index (χ1) is 21.2. The van der Waals surface area contributed by atoms with Crippen LogP contribution in [-0.2, 0) is 9.59 Å². The highest BCUT2D eigenvalue weighted by atomic mass is 32.2. The molecule has 0 radical (unpaired) electrons. The third kappa shape index (κ3) is 8.83. The summed E-state index contributed by atoms with van der Waals surface area (Å²) in [5.41, 5.74) is 2.19. The Morgan fingerprint density at radius 1 is 0.795 bits per heavy atom. The van der Waals surface area contributed by atoms with Crippen LogP contribution in [0.5, 0.6) is 5.75 Å². The van der Waals surface area contributed by atoms with E-state index in [4.69, 9.17) is 9.84 Å². The summed E-state index contributed by atoms with van der Waals surface area (Å²) in [6, 6.07) is 28.7. The average Bonchev–Trinajstić information content (AvgIpc) is 3.03. The van der Waals surface area contributed by atoms with Crippen LogP contribution in [0.15, 0.2) is 114 Å². The molecule has 1 atom stereocenters. The minimum atomic E-state index is -1.04. The summed E-state index contributed by atoms with van der Waals surface area (Å²) in [6.07, 6.45) is 1.57. The fourth-order valence-electron chi connectivity index (χ4n) is 4.00. The molecule has 0 fully saturated rings. The summed E-state index contributed by atoms with van der Waals surface area (Å²) in [6.45, 7) is 4.06. The second-order valence-corrected chi connectivity index (χ2v) is 10.9. The predicted octanol–water partition coefficient (Wildman–Crippen LogP) is 6.31. The van der Waals surface area contributed by atoms with Crippen LogP contribution in [0.3, 0.4) is 0 Å². The van der Waals surface area contributed by atoms with Crippen molar-refractivity contribution >= 4 is 52.9 Å². The zero-order chi connectivity index (χ0) is 31.5. The minimum absolute atomic E-state index is 0.0335. The van der Waals surface area contributed by atoms with E-state index in [0.717, 1.165) is 4.90 Å². The molecule has 1 unspecified atom stereocenters. The normalized spacial score (nSPS) is 11.6. The van der Waals surface area contributed by atoms with E-state index < -0.39 is 23.0 Å². The second kappa shape index (κ2) is 15.2. The number of carboxylic acids is 1. The number of carbonyl (C=O) groups is 4. The van der Waals surface area contributed by atoms with Crippen LogP contribution in [0.1, 0.15) is 40.1 Å². The lowest BCUT2D eigenvalue weighted by atomic mass is 10.1. The van der Waals surface area contributed by atoms with E-state index in [0.29, 0.717) is 34.9 Å². The number of aromatic carboxylic acids is 1. The van der Waals surface area contributed by atoms with Gasteiger partial charge in [-0.05, 0) is 86.7 Å². The van der Waals surface area contributed by atoms with E-state index in [9.17, 15) is 19.2 Å². The van der Waals surface area contributed by atoms with Crippen molar-refractivity contribution in [3.8, 4) is 5.75 Å². The van der Waals surface area contributed by atoms with Crippen molar-refractivity contribution in [2.45, 2.75) is 24.0 Å². The molecule has 3 amide bonds.